The average Bonchev–Trinajstić information content (AvgIpc) is 2.60. The smallest absolute Gasteiger partial charge is 0.104 e. The van der Waals surface area contributed by atoms with Crippen LogP contribution in [0.5, 0.6) is 0 Å². The lowest BCUT2D eigenvalue weighted by atomic mass is 10.1. The Morgan fingerprint density at radius 1 is 0.640 bits per heavy atom. The highest BCUT2D eigenvalue weighted by molar-refractivity contribution is 5.15. The van der Waals surface area contributed by atoms with E-state index >= 15 is 0 Å². The Morgan fingerprint density at radius 3 is 1.56 bits per heavy atom. The Labute approximate surface area is 161 Å². The Morgan fingerprint density at radius 2 is 1.08 bits per heavy atom. The summed E-state index contributed by atoms with van der Waals surface area (Å²) < 4.78 is 1.10. The molecule has 0 spiro atoms. The van der Waals surface area contributed by atoms with E-state index in [1.807, 2.05) is 0 Å². The van der Waals surface area contributed by atoms with Crippen LogP contribution in [0.15, 0.2) is 60.7 Å². The molecule has 0 bridgehead atoms. The van der Waals surface area contributed by atoms with Crippen molar-refractivity contribution in [2.75, 3.05) is 13.6 Å². The van der Waals surface area contributed by atoms with Gasteiger partial charge in [-0.15, -0.1) is 0 Å². The van der Waals surface area contributed by atoms with Gasteiger partial charge in [0.2, 0.25) is 0 Å². The molecule has 0 heterocycles. The standard InChI is InChI=1S/C23H34N.ClH/c1-3-4-5-6-7-14-19-24(2,20-22-15-10-8-11-16-22)21-23-17-12-9-13-18-23;/h8-13,15-18H,3-7,14,19-21H2,1-2H3;1H/q+1;/p-1. The van der Waals surface area contributed by atoms with Gasteiger partial charge in [0.15, 0.2) is 0 Å². The minimum atomic E-state index is 0. The summed E-state index contributed by atoms with van der Waals surface area (Å²) in [7, 11) is 2.42. The first kappa shape index (κ1) is 21.7. The van der Waals surface area contributed by atoms with Gasteiger partial charge >= 0.3 is 0 Å². The van der Waals surface area contributed by atoms with Crippen LogP contribution in [0.2, 0.25) is 0 Å². The van der Waals surface area contributed by atoms with E-state index in [2.05, 4.69) is 74.6 Å². The van der Waals surface area contributed by atoms with Crippen molar-refractivity contribution >= 4 is 0 Å². The van der Waals surface area contributed by atoms with Gasteiger partial charge in [-0.1, -0.05) is 93.3 Å². The third kappa shape index (κ3) is 8.56. The molecular formula is C23H34ClN. The maximum Gasteiger partial charge on any atom is 0.104 e. The van der Waals surface area contributed by atoms with E-state index in [9.17, 15) is 0 Å². The number of halogens is 1. The molecule has 25 heavy (non-hydrogen) atoms. The molecule has 2 aromatic carbocycles. The van der Waals surface area contributed by atoms with Crippen LogP contribution in [0.3, 0.4) is 0 Å². The number of benzene rings is 2. The predicted octanol–water partition coefficient (Wildman–Crippen LogP) is 3.20. The second kappa shape index (κ2) is 12.1. The summed E-state index contributed by atoms with van der Waals surface area (Å²) in [6.45, 7) is 5.78. The molecule has 0 aromatic heterocycles. The van der Waals surface area contributed by atoms with Crippen molar-refractivity contribution in [3.63, 3.8) is 0 Å². The van der Waals surface area contributed by atoms with Crippen molar-refractivity contribution in [2.45, 2.75) is 58.5 Å². The van der Waals surface area contributed by atoms with Gasteiger partial charge < -0.3 is 16.9 Å². The highest BCUT2D eigenvalue weighted by Gasteiger charge is 2.22. The lowest BCUT2D eigenvalue weighted by Crippen LogP contribution is -3.00. The molecule has 0 aliphatic carbocycles. The van der Waals surface area contributed by atoms with Crippen LogP contribution in [0.25, 0.3) is 0 Å². The Bertz CT molecular complexity index is 511. The molecule has 138 valence electrons. The maximum absolute atomic E-state index is 2.42. The minimum absolute atomic E-state index is 0. The molecule has 0 N–H and O–H groups in total. The zero-order chi connectivity index (χ0) is 17.1. The van der Waals surface area contributed by atoms with Crippen LogP contribution in [-0.4, -0.2) is 18.1 Å². The molecule has 0 radical (unpaired) electrons. The number of quaternary nitrogens is 1. The molecule has 0 amide bonds. The molecular weight excluding hydrogens is 326 g/mol. The van der Waals surface area contributed by atoms with E-state index in [0.29, 0.717) is 0 Å². The van der Waals surface area contributed by atoms with Gasteiger partial charge in [0.1, 0.15) is 13.1 Å². The summed E-state index contributed by atoms with van der Waals surface area (Å²) >= 11 is 0. The van der Waals surface area contributed by atoms with Crippen LogP contribution in [-0.2, 0) is 13.1 Å². The third-order valence-corrected chi connectivity index (χ3v) is 4.87. The van der Waals surface area contributed by atoms with Gasteiger partial charge in [-0.05, 0) is 12.8 Å². The quantitative estimate of drug-likeness (QED) is 0.427. The van der Waals surface area contributed by atoms with E-state index in [4.69, 9.17) is 0 Å². The first-order valence-corrected chi connectivity index (χ1v) is 9.63. The summed E-state index contributed by atoms with van der Waals surface area (Å²) in [5.74, 6) is 0. The Balaban J connectivity index is 0.00000312. The topological polar surface area (TPSA) is 0 Å². The summed E-state index contributed by atoms with van der Waals surface area (Å²) in [6.07, 6.45) is 8.22. The van der Waals surface area contributed by atoms with E-state index < -0.39 is 0 Å². The van der Waals surface area contributed by atoms with Crippen LogP contribution in [0.1, 0.15) is 56.6 Å². The Hall–Kier alpha value is -1.31. The molecule has 0 aliphatic heterocycles. The summed E-state index contributed by atoms with van der Waals surface area (Å²) in [6, 6.07) is 21.9. The van der Waals surface area contributed by atoms with E-state index in [0.717, 1.165) is 17.6 Å². The molecule has 0 atom stereocenters. The van der Waals surface area contributed by atoms with Gasteiger partial charge in [-0.25, -0.2) is 0 Å². The zero-order valence-corrected chi connectivity index (χ0v) is 16.7. The molecule has 0 saturated heterocycles. The largest absolute Gasteiger partial charge is 1.00 e. The van der Waals surface area contributed by atoms with E-state index in [1.54, 1.807) is 0 Å². The summed E-state index contributed by atoms with van der Waals surface area (Å²) in [5.41, 5.74) is 2.89. The number of hydrogen-bond acceptors (Lipinski definition) is 0. The average molecular weight is 360 g/mol. The van der Waals surface area contributed by atoms with Crippen molar-refractivity contribution in [1.82, 2.24) is 0 Å². The molecule has 2 heteroatoms. The fourth-order valence-corrected chi connectivity index (χ4v) is 3.54. The fraction of sp³-hybridized carbons (Fsp3) is 0.478. The van der Waals surface area contributed by atoms with Gasteiger partial charge in [-0.2, -0.15) is 0 Å². The SMILES string of the molecule is CCCCCCCC[N+](C)(Cc1ccccc1)Cc1ccccc1.[Cl-]. The second-order valence-electron chi connectivity index (χ2n) is 7.40. The molecule has 2 rings (SSSR count). The predicted molar refractivity (Wildman–Crippen MR) is 105 cm³/mol. The normalized spacial score (nSPS) is 11.1. The van der Waals surface area contributed by atoms with Crippen LogP contribution in [0.4, 0.5) is 0 Å². The van der Waals surface area contributed by atoms with Gasteiger partial charge in [-0.3, -0.25) is 0 Å². The molecule has 1 nitrogen and oxygen atoms in total. The lowest BCUT2D eigenvalue weighted by molar-refractivity contribution is -0.935. The fourth-order valence-electron chi connectivity index (χ4n) is 3.54. The summed E-state index contributed by atoms with van der Waals surface area (Å²) in [4.78, 5) is 0. The summed E-state index contributed by atoms with van der Waals surface area (Å²) in [5, 5.41) is 0. The Kier molecular flexibility index (Phi) is 10.5. The first-order valence-electron chi connectivity index (χ1n) is 9.63. The molecule has 0 fully saturated rings. The van der Waals surface area contributed by atoms with Crippen molar-refractivity contribution in [3.05, 3.63) is 71.8 Å². The number of hydrogen-bond donors (Lipinski definition) is 0. The molecule has 2 aromatic rings. The number of nitrogens with zero attached hydrogens (tertiary/aromatic N) is 1. The molecule has 0 unspecified atom stereocenters. The molecule has 0 aliphatic rings. The van der Waals surface area contributed by atoms with Gasteiger partial charge in [0, 0.05) is 11.1 Å². The number of unbranched alkanes of at least 4 members (excludes halogenated alkanes) is 5. The third-order valence-electron chi connectivity index (χ3n) is 4.87. The maximum atomic E-state index is 2.42. The van der Waals surface area contributed by atoms with Crippen LogP contribution < -0.4 is 12.4 Å². The number of rotatable bonds is 11. The van der Waals surface area contributed by atoms with Crippen LogP contribution >= 0.6 is 0 Å². The van der Waals surface area contributed by atoms with E-state index in [-0.39, 0.29) is 12.4 Å². The van der Waals surface area contributed by atoms with Crippen molar-refractivity contribution < 1.29 is 16.9 Å². The monoisotopic (exact) mass is 359 g/mol. The second-order valence-corrected chi connectivity index (χ2v) is 7.40. The first-order chi connectivity index (χ1) is 11.7. The van der Waals surface area contributed by atoms with Gasteiger partial charge in [0.25, 0.3) is 0 Å². The lowest BCUT2D eigenvalue weighted by Gasteiger charge is -2.35. The minimum Gasteiger partial charge on any atom is -1.00 e. The molecule has 0 saturated carbocycles. The van der Waals surface area contributed by atoms with Crippen molar-refractivity contribution in [2.24, 2.45) is 0 Å². The van der Waals surface area contributed by atoms with Crippen molar-refractivity contribution in [1.29, 1.82) is 0 Å². The highest BCUT2D eigenvalue weighted by Crippen LogP contribution is 2.19. The zero-order valence-electron chi connectivity index (χ0n) is 16.0. The van der Waals surface area contributed by atoms with Crippen LogP contribution in [0, 0.1) is 0 Å². The highest BCUT2D eigenvalue weighted by atomic mass is 35.5. The van der Waals surface area contributed by atoms with E-state index in [1.165, 1.54) is 56.2 Å². The van der Waals surface area contributed by atoms with Gasteiger partial charge in [0.05, 0.1) is 13.6 Å². The van der Waals surface area contributed by atoms with Crippen molar-refractivity contribution in [3.8, 4) is 0 Å².